The molecule has 0 bridgehead atoms. The van der Waals surface area contributed by atoms with Gasteiger partial charge in [-0.1, -0.05) is 84.9 Å². The average molecular weight is 698 g/mol. The number of ether oxygens (including phenoxy) is 2. The second-order valence-electron chi connectivity index (χ2n) is 13.1. The highest BCUT2D eigenvalue weighted by atomic mass is 16.5. The first-order valence-corrected chi connectivity index (χ1v) is 17.6. The van der Waals surface area contributed by atoms with Crippen molar-refractivity contribution in [3.05, 3.63) is 164 Å². The molecule has 1 fully saturated rings. The third kappa shape index (κ3) is 7.64. The minimum absolute atomic E-state index is 0.156. The van der Waals surface area contributed by atoms with E-state index in [1.54, 1.807) is 36.9 Å². The molecule has 1 aliphatic rings. The number of rotatable bonds is 9. The number of nitrogens with zero attached hydrogens (tertiary/aromatic N) is 5. The first-order chi connectivity index (χ1) is 26.1. The van der Waals surface area contributed by atoms with E-state index < -0.39 is 23.8 Å². The Balaban J connectivity index is 1.05. The zero-order valence-electron chi connectivity index (χ0n) is 28.7. The SMILES string of the molecule is O=C(Oc1ccc(-c2ccccc2)nc1)C1CC(C(=O)Oc2ccc(-c3ccccc3)nc2)CC(c2ccccc2-c2cnc(-n3cccc3)nc2)C1. The number of esters is 2. The summed E-state index contributed by atoms with van der Waals surface area (Å²) in [6.45, 7) is 0. The van der Waals surface area contributed by atoms with Gasteiger partial charge in [-0.3, -0.25) is 24.1 Å². The molecule has 1 saturated carbocycles. The summed E-state index contributed by atoms with van der Waals surface area (Å²) < 4.78 is 13.7. The molecular formula is C44H35N5O4. The number of pyridine rings is 2. The second-order valence-corrected chi connectivity index (χ2v) is 13.1. The molecular weight excluding hydrogens is 663 g/mol. The number of carbonyl (C=O) groups is 2. The van der Waals surface area contributed by atoms with Crippen molar-refractivity contribution in [3.63, 3.8) is 0 Å². The standard InChI is InChI=1S/C44H35N5O4/c50-42(52-36-17-19-40(45-28-36)30-11-3-1-4-12-30)33-23-32(38-15-7-8-16-39(38)35-26-47-44(48-27-35)49-21-9-10-22-49)24-34(25-33)43(51)53-37-18-20-41(46-29-37)31-13-5-2-6-14-31/h1-22,26-29,32-34H,23-25H2. The highest BCUT2D eigenvalue weighted by molar-refractivity contribution is 5.80. The van der Waals surface area contributed by atoms with E-state index in [-0.39, 0.29) is 12.3 Å². The first-order valence-electron chi connectivity index (χ1n) is 17.6. The molecule has 0 amide bonds. The molecule has 1 aliphatic carbocycles. The van der Waals surface area contributed by atoms with Crippen LogP contribution in [0.3, 0.4) is 0 Å². The summed E-state index contributed by atoms with van der Waals surface area (Å²) >= 11 is 0. The predicted molar refractivity (Wildman–Crippen MR) is 201 cm³/mol. The Morgan fingerprint density at radius 2 is 1.02 bits per heavy atom. The van der Waals surface area contributed by atoms with Crippen molar-refractivity contribution in [2.24, 2.45) is 11.8 Å². The van der Waals surface area contributed by atoms with Crippen molar-refractivity contribution < 1.29 is 19.1 Å². The summed E-state index contributed by atoms with van der Waals surface area (Å²) in [5.41, 5.74) is 6.28. The third-order valence-corrected chi connectivity index (χ3v) is 9.61. The number of carbonyl (C=O) groups excluding carboxylic acids is 2. The van der Waals surface area contributed by atoms with Gasteiger partial charge in [0.1, 0.15) is 11.5 Å². The molecule has 0 aliphatic heterocycles. The molecule has 4 heterocycles. The highest BCUT2D eigenvalue weighted by Crippen LogP contribution is 2.44. The lowest BCUT2D eigenvalue weighted by Gasteiger charge is -2.33. The van der Waals surface area contributed by atoms with Crippen LogP contribution in [0.1, 0.15) is 30.7 Å². The maximum atomic E-state index is 13.9. The van der Waals surface area contributed by atoms with Gasteiger partial charge in [-0.2, -0.15) is 0 Å². The van der Waals surface area contributed by atoms with Crippen molar-refractivity contribution in [3.8, 4) is 51.1 Å². The van der Waals surface area contributed by atoms with E-state index in [4.69, 9.17) is 9.47 Å². The van der Waals surface area contributed by atoms with Crippen LogP contribution in [-0.2, 0) is 9.59 Å². The van der Waals surface area contributed by atoms with Gasteiger partial charge in [0.15, 0.2) is 0 Å². The maximum Gasteiger partial charge on any atom is 0.314 e. The van der Waals surface area contributed by atoms with Crippen LogP contribution in [0.5, 0.6) is 11.5 Å². The quantitative estimate of drug-likeness (QED) is 0.138. The van der Waals surface area contributed by atoms with E-state index in [2.05, 4.69) is 26.0 Å². The van der Waals surface area contributed by atoms with Gasteiger partial charge in [0, 0.05) is 41.5 Å². The monoisotopic (exact) mass is 697 g/mol. The fourth-order valence-corrected chi connectivity index (χ4v) is 6.97. The minimum atomic E-state index is -0.570. The van der Waals surface area contributed by atoms with Crippen molar-refractivity contribution in [2.45, 2.75) is 25.2 Å². The molecule has 0 radical (unpaired) electrons. The molecule has 9 nitrogen and oxygen atoms in total. The smallest absolute Gasteiger partial charge is 0.314 e. The maximum absolute atomic E-state index is 13.9. The highest BCUT2D eigenvalue weighted by Gasteiger charge is 2.39. The lowest BCUT2D eigenvalue weighted by molar-refractivity contribution is -0.145. The van der Waals surface area contributed by atoms with Gasteiger partial charge in [-0.05, 0) is 72.7 Å². The summed E-state index contributed by atoms with van der Waals surface area (Å²) in [6.07, 6.45) is 11.8. The molecule has 3 aromatic carbocycles. The zero-order valence-corrected chi connectivity index (χ0v) is 28.7. The Hall–Kier alpha value is -6.74. The lowest BCUT2D eigenvalue weighted by atomic mass is 9.71. The van der Waals surface area contributed by atoms with Crippen molar-refractivity contribution in [2.75, 3.05) is 0 Å². The molecule has 4 aromatic heterocycles. The molecule has 7 aromatic rings. The molecule has 0 saturated heterocycles. The van der Waals surface area contributed by atoms with E-state index in [1.165, 1.54) is 0 Å². The summed E-state index contributed by atoms with van der Waals surface area (Å²) in [4.78, 5) is 46.0. The summed E-state index contributed by atoms with van der Waals surface area (Å²) in [6, 6.07) is 38.6. The molecule has 0 N–H and O–H groups in total. The fraction of sp³-hybridized carbons (Fsp3) is 0.136. The summed E-state index contributed by atoms with van der Waals surface area (Å²) in [5, 5.41) is 0. The summed E-state index contributed by atoms with van der Waals surface area (Å²) in [7, 11) is 0. The van der Waals surface area contributed by atoms with Crippen molar-refractivity contribution in [1.82, 2.24) is 24.5 Å². The van der Waals surface area contributed by atoms with E-state index in [1.807, 2.05) is 120 Å². The predicted octanol–water partition coefficient (Wildman–Crippen LogP) is 8.77. The van der Waals surface area contributed by atoms with Gasteiger partial charge in [-0.25, -0.2) is 9.97 Å². The topological polar surface area (TPSA) is 109 Å². The Bertz CT molecular complexity index is 2190. The zero-order chi connectivity index (χ0) is 36.0. The normalized spacial score (nSPS) is 16.8. The molecule has 2 unspecified atom stereocenters. The average Bonchev–Trinajstić information content (AvgIpc) is 3.77. The Labute approximate surface area is 307 Å². The number of aromatic nitrogens is 5. The molecule has 2 atom stereocenters. The largest absolute Gasteiger partial charge is 0.425 e. The van der Waals surface area contributed by atoms with Crippen molar-refractivity contribution >= 4 is 11.9 Å². The van der Waals surface area contributed by atoms with Crippen LogP contribution in [0.15, 0.2) is 159 Å². The number of benzene rings is 3. The number of hydrogen-bond acceptors (Lipinski definition) is 8. The van der Waals surface area contributed by atoms with Gasteiger partial charge in [0.25, 0.3) is 0 Å². The molecule has 8 rings (SSSR count). The van der Waals surface area contributed by atoms with Crippen LogP contribution in [-0.4, -0.2) is 36.4 Å². The van der Waals surface area contributed by atoms with E-state index in [9.17, 15) is 9.59 Å². The fourth-order valence-electron chi connectivity index (χ4n) is 6.97. The van der Waals surface area contributed by atoms with Gasteiger partial charge in [0.05, 0.1) is 35.6 Å². The molecule has 9 heteroatoms. The van der Waals surface area contributed by atoms with Crippen LogP contribution >= 0.6 is 0 Å². The summed E-state index contributed by atoms with van der Waals surface area (Å²) in [5.74, 6) is -0.853. The van der Waals surface area contributed by atoms with Crippen LogP contribution in [0, 0.1) is 11.8 Å². The minimum Gasteiger partial charge on any atom is -0.425 e. The molecule has 0 spiro atoms. The molecule has 53 heavy (non-hydrogen) atoms. The van der Waals surface area contributed by atoms with Gasteiger partial charge >= 0.3 is 11.9 Å². The Morgan fingerprint density at radius 3 is 1.53 bits per heavy atom. The van der Waals surface area contributed by atoms with Crippen LogP contribution < -0.4 is 9.47 Å². The third-order valence-electron chi connectivity index (χ3n) is 9.61. The Kier molecular flexibility index (Phi) is 9.61. The van der Waals surface area contributed by atoms with Crippen LogP contribution in [0.2, 0.25) is 0 Å². The Morgan fingerprint density at radius 1 is 0.509 bits per heavy atom. The van der Waals surface area contributed by atoms with E-state index in [0.29, 0.717) is 30.3 Å². The van der Waals surface area contributed by atoms with Gasteiger partial charge in [-0.15, -0.1) is 0 Å². The van der Waals surface area contributed by atoms with Crippen molar-refractivity contribution in [1.29, 1.82) is 0 Å². The van der Waals surface area contributed by atoms with E-state index in [0.717, 1.165) is 39.2 Å². The van der Waals surface area contributed by atoms with Crippen LogP contribution in [0.4, 0.5) is 0 Å². The van der Waals surface area contributed by atoms with Crippen LogP contribution in [0.25, 0.3) is 39.6 Å². The van der Waals surface area contributed by atoms with Gasteiger partial charge < -0.3 is 9.47 Å². The van der Waals surface area contributed by atoms with Gasteiger partial charge in [0.2, 0.25) is 5.95 Å². The molecule has 260 valence electrons. The second kappa shape index (κ2) is 15.2. The lowest BCUT2D eigenvalue weighted by Crippen LogP contribution is -2.35. The van der Waals surface area contributed by atoms with E-state index >= 15 is 0 Å². The number of hydrogen-bond donors (Lipinski definition) is 0. The first kappa shape index (κ1) is 33.4.